The molecule has 6 nitrogen and oxygen atoms in total. The van der Waals surface area contributed by atoms with E-state index in [1.807, 2.05) is 24.3 Å². The van der Waals surface area contributed by atoms with Gasteiger partial charge in [-0.3, -0.25) is 14.4 Å². The molecule has 3 atom stereocenters. The van der Waals surface area contributed by atoms with Gasteiger partial charge < -0.3 is 14.4 Å². The van der Waals surface area contributed by atoms with E-state index in [1.54, 1.807) is 7.05 Å². The Morgan fingerprint density at radius 3 is 2.57 bits per heavy atom. The molecule has 0 radical (unpaired) electrons. The highest BCUT2D eigenvalue weighted by Gasteiger charge is 2.65. The zero-order valence-corrected chi connectivity index (χ0v) is 13.4. The fourth-order valence-electron chi connectivity index (χ4n) is 3.98. The number of para-hydroxylation sites is 1. The molecule has 1 aromatic rings. The minimum atomic E-state index is -1.51. The number of ether oxygens (including phenoxy) is 2. The molecule has 0 N–H and O–H groups in total. The number of Topliss-reactive ketones (excluding diaryl/α,β-unsaturated/α-hetero) is 1. The van der Waals surface area contributed by atoms with Crippen molar-refractivity contribution < 1.29 is 23.9 Å². The molecule has 1 fully saturated rings. The zero-order valence-electron chi connectivity index (χ0n) is 13.4. The highest BCUT2D eigenvalue weighted by molar-refractivity contribution is 6.15. The number of rotatable bonds is 2. The standard InChI is InChI=1S/C17H19NO5/c1-18-13-7-5-4-6-11(13)12-8-10(19)9-14(22-2)17(12,15(18)20)16(21)23-3/h4-7,12,14H,8-9H2,1-3H3/t12-,14+,17-/m0/s1. The Bertz CT molecular complexity index is 685. The molecule has 6 heteroatoms. The van der Waals surface area contributed by atoms with Gasteiger partial charge in [0.1, 0.15) is 5.78 Å². The first-order valence-electron chi connectivity index (χ1n) is 7.48. The summed E-state index contributed by atoms with van der Waals surface area (Å²) in [5.74, 6) is -1.62. The first kappa shape index (κ1) is 15.7. The Labute approximate surface area is 134 Å². The summed E-state index contributed by atoms with van der Waals surface area (Å²) in [5.41, 5.74) is 0.00207. The summed E-state index contributed by atoms with van der Waals surface area (Å²) >= 11 is 0. The van der Waals surface area contributed by atoms with Crippen molar-refractivity contribution in [2.24, 2.45) is 5.41 Å². The molecule has 1 aliphatic carbocycles. The van der Waals surface area contributed by atoms with Gasteiger partial charge in [-0.2, -0.15) is 0 Å². The van der Waals surface area contributed by atoms with Crippen molar-refractivity contribution in [1.82, 2.24) is 0 Å². The minimum absolute atomic E-state index is 0.0199. The monoisotopic (exact) mass is 317 g/mol. The van der Waals surface area contributed by atoms with Crippen molar-refractivity contribution in [3.05, 3.63) is 29.8 Å². The normalized spacial score (nSPS) is 29.8. The molecule has 1 amide bonds. The lowest BCUT2D eigenvalue weighted by atomic mass is 9.59. The van der Waals surface area contributed by atoms with Crippen molar-refractivity contribution in [1.29, 1.82) is 0 Å². The Hall–Kier alpha value is -2.21. The smallest absolute Gasteiger partial charge is 0.324 e. The summed E-state index contributed by atoms with van der Waals surface area (Å²) in [7, 11) is 4.30. The topological polar surface area (TPSA) is 72.9 Å². The van der Waals surface area contributed by atoms with Gasteiger partial charge in [-0.05, 0) is 11.6 Å². The van der Waals surface area contributed by atoms with Gasteiger partial charge in [-0.1, -0.05) is 18.2 Å². The van der Waals surface area contributed by atoms with Gasteiger partial charge in [0, 0.05) is 38.6 Å². The predicted octanol–water partition coefficient (Wildman–Crippen LogP) is 1.28. The number of anilines is 1. The molecular weight excluding hydrogens is 298 g/mol. The van der Waals surface area contributed by atoms with Crippen molar-refractivity contribution in [2.45, 2.75) is 24.9 Å². The minimum Gasteiger partial charge on any atom is -0.468 e. The average molecular weight is 317 g/mol. The van der Waals surface area contributed by atoms with Gasteiger partial charge in [0.2, 0.25) is 5.91 Å². The van der Waals surface area contributed by atoms with E-state index >= 15 is 0 Å². The van der Waals surface area contributed by atoms with Crippen LogP contribution in [0.3, 0.4) is 0 Å². The van der Waals surface area contributed by atoms with E-state index < -0.39 is 23.4 Å². The summed E-state index contributed by atoms with van der Waals surface area (Å²) in [4.78, 5) is 39.5. The number of carbonyl (C=O) groups excluding carboxylic acids is 3. The highest BCUT2D eigenvalue weighted by Crippen LogP contribution is 2.54. The quantitative estimate of drug-likeness (QED) is 0.607. The Kier molecular flexibility index (Phi) is 3.72. The Morgan fingerprint density at radius 2 is 1.91 bits per heavy atom. The third kappa shape index (κ3) is 1.94. The molecule has 0 spiro atoms. The van der Waals surface area contributed by atoms with Crippen LogP contribution in [0.15, 0.2) is 24.3 Å². The second kappa shape index (κ2) is 5.45. The predicted molar refractivity (Wildman–Crippen MR) is 82.1 cm³/mol. The second-order valence-electron chi connectivity index (χ2n) is 6.01. The fourth-order valence-corrected chi connectivity index (χ4v) is 3.98. The maximum atomic E-state index is 13.2. The lowest BCUT2D eigenvalue weighted by molar-refractivity contribution is -0.175. The molecule has 3 rings (SSSR count). The summed E-state index contributed by atoms with van der Waals surface area (Å²) in [6.45, 7) is 0. The van der Waals surface area contributed by atoms with E-state index in [9.17, 15) is 14.4 Å². The van der Waals surface area contributed by atoms with E-state index in [0.29, 0.717) is 5.69 Å². The first-order chi connectivity index (χ1) is 11.0. The van der Waals surface area contributed by atoms with E-state index in [-0.39, 0.29) is 24.5 Å². The van der Waals surface area contributed by atoms with Gasteiger partial charge in [-0.15, -0.1) is 0 Å². The summed E-state index contributed by atoms with van der Waals surface area (Å²) in [6.07, 6.45) is -0.667. The Balaban J connectivity index is 2.30. The number of methoxy groups -OCH3 is 2. The number of hydrogen-bond acceptors (Lipinski definition) is 5. The highest BCUT2D eigenvalue weighted by atomic mass is 16.5. The molecule has 23 heavy (non-hydrogen) atoms. The molecular formula is C17H19NO5. The lowest BCUT2D eigenvalue weighted by Gasteiger charge is -2.50. The van der Waals surface area contributed by atoms with Crippen LogP contribution in [0.2, 0.25) is 0 Å². The lowest BCUT2D eigenvalue weighted by Crippen LogP contribution is -2.63. The van der Waals surface area contributed by atoms with Crippen LogP contribution in [0.25, 0.3) is 0 Å². The van der Waals surface area contributed by atoms with Crippen molar-refractivity contribution in [3.8, 4) is 0 Å². The van der Waals surface area contributed by atoms with Crippen molar-refractivity contribution >= 4 is 23.3 Å². The third-order valence-corrected chi connectivity index (χ3v) is 5.04. The molecule has 0 saturated heterocycles. The second-order valence-corrected chi connectivity index (χ2v) is 6.01. The molecule has 1 heterocycles. The summed E-state index contributed by atoms with van der Waals surface area (Å²) < 4.78 is 10.4. The number of amides is 1. The van der Waals surface area contributed by atoms with Crippen molar-refractivity contribution in [3.63, 3.8) is 0 Å². The van der Waals surface area contributed by atoms with Crippen LogP contribution in [0.1, 0.15) is 24.3 Å². The van der Waals surface area contributed by atoms with Gasteiger partial charge in [0.25, 0.3) is 0 Å². The van der Waals surface area contributed by atoms with Gasteiger partial charge in [-0.25, -0.2) is 0 Å². The summed E-state index contributed by atoms with van der Waals surface area (Å²) in [6, 6.07) is 7.33. The third-order valence-electron chi connectivity index (χ3n) is 5.04. The number of ketones is 1. The molecule has 0 unspecified atom stereocenters. The molecule has 122 valence electrons. The Morgan fingerprint density at radius 1 is 1.22 bits per heavy atom. The van der Waals surface area contributed by atoms with E-state index in [0.717, 1.165) is 5.56 Å². The van der Waals surface area contributed by atoms with Crippen LogP contribution in [-0.4, -0.2) is 45.0 Å². The summed E-state index contributed by atoms with van der Waals surface area (Å²) in [5, 5.41) is 0. The molecule has 1 aliphatic heterocycles. The van der Waals surface area contributed by atoms with Crippen molar-refractivity contribution in [2.75, 3.05) is 26.2 Å². The molecule has 2 aliphatic rings. The number of carbonyl (C=O) groups is 3. The number of esters is 1. The van der Waals surface area contributed by atoms with Crippen LogP contribution in [0.4, 0.5) is 5.69 Å². The maximum absolute atomic E-state index is 13.2. The van der Waals surface area contributed by atoms with E-state index in [4.69, 9.17) is 9.47 Å². The largest absolute Gasteiger partial charge is 0.468 e. The molecule has 0 aromatic heterocycles. The average Bonchev–Trinajstić information content (AvgIpc) is 2.58. The van der Waals surface area contributed by atoms with Gasteiger partial charge >= 0.3 is 5.97 Å². The van der Waals surface area contributed by atoms with Gasteiger partial charge in [0.05, 0.1) is 13.2 Å². The van der Waals surface area contributed by atoms with Crippen LogP contribution >= 0.6 is 0 Å². The molecule has 0 bridgehead atoms. The van der Waals surface area contributed by atoms with E-state index in [1.165, 1.54) is 19.1 Å². The number of nitrogens with zero attached hydrogens (tertiary/aromatic N) is 1. The number of benzene rings is 1. The zero-order chi connectivity index (χ0) is 16.8. The SMILES string of the molecule is COC(=O)[C@@]12C(=O)N(C)c3ccccc3[C@@H]1CC(=O)C[C@H]2OC. The van der Waals surface area contributed by atoms with E-state index in [2.05, 4.69) is 0 Å². The molecule has 1 saturated carbocycles. The van der Waals surface area contributed by atoms with Crippen LogP contribution in [-0.2, 0) is 23.9 Å². The first-order valence-corrected chi connectivity index (χ1v) is 7.48. The van der Waals surface area contributed by atoms with Crippen LogP contribution < -0.4 is 4.90 Å². The number of fused-ring (bicyclic) bond motifs is 3. The molecule has 1 aromatic carbocycles. The van der Waals surface area contributed by atoms with Crippen LogP contribution in [0, 0.1) is 5.41 Å². The van der Waals surface area contributed by atoms with Crippen LogP contribution in [0.5, 0.6) is 0 Å². The number of hydrogen-bond donors (Lipinski definition) is 0. The maximum Gasteiger partial charge on any atom is 0.324 e. The fraction of sp³-hybridized carbons (Fsp3) is 0.471. The van der Waals surface area contributed by atoms with Gasteiger partial charge in [0.15, 0.2) is 5.41 Å².